The predicted octanol–water partition coefficient (Wildman–Crippen LogP) is 1.42. The van der Waals surface area contributed by atoms with Crippen molar-refractivity contribution in [3.8, 4) is 0 Å². The van der Waals surface area contributed by atoms with Crippen LogP contribution >= 0.6 is 0 Å². The first-order valence-corrected chi connectivity index (χ1v) is 1.91. The molecule has 2 heteroatoms. The van der Waals surface area contributed by atoms with E-state index in [0.717, 1.165) is 0 Å². The van der Waals surface area contributed by atoms with Gasteiger partial charge in [-0.25, -0.2) is 0 Å². The fourth-order valence-electron chi connectivity index (χ4n) is 0.258. The molecule has 8 heavy (non-hydrogen) atoms. The van der Waals surface area contributed by atoms with Crippen molar-refractivity contribution in [2.24, 2.45) is 0 Å². The molecule has 0 saturated carbocycles. The maximum atomic E-state index is 4.73. The molecule has 0 amide bonds. The van der Waals surface area contributed by atoms with Crippen LogP contribution < -0.4 is 0 Å². The topological polar surface area (TPSA) is 12.5 Å². The van der Waals surface area contributed by atoms with Gasteiger partial charge in [-0.05, 0) is 14.1 Å². The Morgan fingerprint density at radius 1 is 1.25 bits per heavy atom. The van der Waals surface area contributed by atoms with Crippen LogP contribution in [0.1, 0.15) is 14.9 Å². The van der Waals surface area contributed by atoms with E-state index in [9.17, 15) is 0 Å². The number of ether oxygens (including phenoxy) is 1. The van der Waals surface area contributed by atoms with Crippen LogP contribution in [0.3, 0.4) is 0 Å². The molecule has 0 atom stereocenters. The van der Waals surface area contributed by atoms with Crippen molar-refractivity contribution in [1.82, 2.24) is 4.90 Å². The van der Waals surface area contributed by atoms with Gasteiger partial charge in [-0.2, -0.15) is 0 Å². The molecular weight excluding hydrogens is 102 g/mol. The second-order valence-corrected chi connectivity index (χ2v) is 1.50. The van der Waals surface area contributed by atoms with Gasteiger partial charge in [0.1, 0.15) is 0 Å². The van der Waals surface area contributed by atoms with Gasteiger partial charge in [0.15, 0.2) is 0 Å². The Morgan fingerprint density at radius 3 is 1.62 bits per heavy atom. The summed E-state index contributed by atoms with van der Waals surface area (Å²) in [4.78, 5) is 1.96. The highest BCUT2D eigenvalue weighted by Gasteiger charge is 1.78. The van der Waals surface area contributed by atoms with E-state index in [2.05, 4.69) is 0 Å². The standard InChI is InChI=1S/C4H11NO.2CH4/c1-5(2)4-6-3;;/h4H2,1-3H3;2*1H4. The van der Waals surface area contributed by atoms with E-state index >= 15 is 0 Å². The molecule has 0 aliphatic heterocycles. The number of methoxy groups -OCH3 is 1. The average Bonchev–Trinajstić information content (AvgIpc) is 1.35. The van der Waals surface area contributed by atoms with Crippen molar-refractivity contribution in [2.45, 2.75) is 14.9 Å². The smallest absolute Gasteiger partial charge is 0.0981 e. The highest BCUT2D eigenvalue weighted by molar-refractivity contribution is 4.20. The number of hydrogen-bond donors (Lipinski definition) is 0. The van der Waals surface area contributed by atoms with Gasteiger partial charge in [-0.1, -0.05) is 14.9 Å². The van der Waals surface area contributed by atoms with E-state index < -0.39 is 0 Å². The molecule has 0 spiro atoms. The van der Waals surface area contributed by atoms with Crippen LogP contribution in [0.5, 0.6) is 0 Å². The molecule has 0 rings (SSSR count). The van der Waals surface area contributed by atoms with Crippen LogP contribution in [0, 0.1) is 0 Å². The SMILES string of the molecule is C.C.COCN(C)C. The van der Waals surface area contributed by atoms with Crippen molar-refractivity contribution >= 4 is 0 Å². The van der Waals surface area contributed by atoms with Crippen molar-refractivity contribution in [1.29, 1.82) is 0 Å². The van der Waals surface area contributed by atoms with Gasteiger partial charge in [0.2, 0.25) is 0 Å². The molecule has 0 aromatic heterocycles. The summed E-state index contributed by atoms with van der Waals surface area (Å²) < 4.78 is 4.73. The zero-order valence-corrected chi connectivity index (χ0v) is 4.56. The minimum Gasteiger partial charge on any atom is -0.369 e. The molecule has 0 aliphatic carbocycles. The fraction of sp³-hybridized carbons (Fsp3) is 1.00. The summed E-state index contributed by atoms with van der Waals surface area (Å²) in [6.07, 6.45) is 0. The summed E-state index contributed by atoms with van der Waals surface area (Å²) in [6, 6.07) is 0. The van der Waals surface area contributed by atoms with Crippen LogP contribution in [-0.2, 0) is 4.74 Å². The highest BCUT2D eigenvalue weighted by atomic mass is 16.5. The van der Waals surface area contributed by atoms with Crippen LogP contribution in [0.25, 0.3) is 0 Å². The second kappa shape index (κ2) is 10.0. The summed E-state index contributed by atoms with van der Waals surface area (Å²) in [6.45, 7) is 0.708. The average molecular weight is 121 g/mol. The molecule has 0 aromatic carbocycles. The second-order valence-electron chi connectivity index (χ2n) is 1.50. The minimum absolute atomic E-state index is 0. The van der Waals surface area contributed by atoms with E-state index in [1.165, 1.54) is 0 Å². The van der Waals surface area contributed by atoms with E-state index in [-0.39, 0.29) is 14.9 Å². The lowest BCUT2D eigenvalue weighted by Gasteiger charge is -2.04. The van der Waals surface area contributed by atoms with E-state index in [1.54, 1.807) is 7.11 Å². The fourth-order valence-corrected chi connectivity index (χ4v) is 0.258. The Labute approximate surface area is 53.4 Å². The molecule has 0 fully saturated rings. The Morgan fingerprint density at radius 2 is 1.62 bits per heavy atom. The summed E-state index contributed by atoms with van der Waals surface area (Å²) in [7, 11) is 5.60. The first-order chi connectivity index (χ1) is 2.77. The monoisotopic (exact) mass is 121 g/mol. The zero-order chi connectivity index (χ0) is 4.99. The van der Waals surface area contributed by atoms with Crippen LogP contribution in [0.15, 0.2) is 0 Å². The zero-order valence-electron chi connectivity index (χ0n) is 4.56. The molecule has 0 N–H and O–H groups in total. The summed E-state index contributed by atoms with van der Waals surface area (Å²) in [5.74, 6) is 0. The molecule has 0 aromatic rings. The Kier molecular flexibility index (Phi) is 19.6. The lowest BCUT2D eigenvalue weighted by atomic mass is 10.9. The predicted molar refractivity (Wildman–Crippen MR) is 39.0 cm³/mol. The first-order valence-electron chi connectivity index (χ1n) is 1.91. The molecule has 54 valence electrons. The van der Waals surface area contributed by atoms with Crippen molar-refractivity contribution < 1.29 is 4.74 Å². The maximum absolute atomic E-state index is 4.73. The summed E-state index contributed by atoms with van der Waals surface area (Å²) >= 11 is 0. The normalized spacial score (nSPS) is 7.50. The Bertz CT molecular complexity index is 29.7. The van der Waals surface area contributed by atoms with Gasteiger partial charge in [-0.3, -0.25) is 4.90 Å². The third-order valence-electron chi connectivity index (χ3n) is 0.387. The molecule has 0 unspecified atom stereocenters. The van der Waals surface area contributed by atoms with Crippen molar-refractivity contribution in [3.63, 3.8) is 0 Å². The number of hydrogen-bond acceptors (Lipinski definition) is 2. The largest absolute Gasteiger partial charge is 0.369 e. The molecule has 2 nitrogen and oxygen atoms in total. The van der Waals surface area contributed by atoms with Gasteiger partial charge in [0.25, 0.3) is 0 Å². The van der Waals surface area contributed by atoms with Gasteiger partial charge in [0.05, 0.1) is 6.73 Å². The lowest BCUT2D eigenvalue weighted by molar-refractivity contribution is 0.0994. The maximum Gasteiger partial charge on any atom is 0.0981 e. The van der Waals surface area contributed by atoms with Gasteiger partial charge >= 0.3 is 0 Å². The molecule has 0 heterocycles. The molecule has 0 bridgehead atoms. The van der Waals surface area contributed by atoms with Gasteiger partial charge in [-0.15, -0.1) is 0 Å². The Balaban J connectivity index is -0.000000125. The number of nitrogens with zero attached hydrogens (tertiary/aromatic N) is 1. The molecule has 0 radical (unpaired) electrons. The molecular formula is C6H19NO. The van der Waals surface area contributed by atoms with Crippen LogP contribution in [-0.4, -0.2) is 32.8 Å². The third kappa shape index (κ3) is 16.8. The summed E-state index contributed by atoms with van der Waals surface area (Å²) in [5.41, 5.74) is 0. The van der Waals surface area contributed by atoms with Crippen molar-refractivity contribution in [3.05, 3.63) is 0 Å². The lowest BCUT2D eigenvalue weighted by Crippen LogP contribution is -2.13. The van der Waals surface area contributed by atoms with Crippen molar-refractivity contribution in [2.75, 3.05) is 27.9 Å². The van der Waals surface area contributed by atoms with Crippen LogP contribution in [0.2, 0.25) is 0 Å². The van der Waals surface area contributed by atoms with Gasteiger partial charge in [0, 0.05) is 7.11 Å². The van der Waals surface area contributed by atoms with E-state index in [4.69, 9.17) is 4.74 Å². The Hall–Kier alpha value is -0.0800. The van der Waals surface area contributed by atoms with E-state index in [1.807, 2.05) is 19.0 Å². The quantitative estimate of drug-likeness (QED) is 0.512. The minimum atomic E-state index is 0. The molecule has 0 aliphatic rings. The number of rotatable bonds is 2. The third-order valence-corrected chi connectivity index (χ3v) is 0.387. The van der Waals surface area contributed by atoms with E-state index in [0.29, 0.717) is 6.73 Å². The van der Waals surface area contributed by atoms with Crippen LogP contribution in [0.4, 0.5) is 0 Å². The first kappa shape index (κ1) is 15.7. The van der Waals surface area contributed by atoms with Gasteiger partial charge < -0.3 is 4.74 Å². The molecule has 0 saturated heterocycles. The summed E-state index contributed by atoms with van der Waals surface area (Å²) in [5, 5.41) is 0. The highest BCUT2D eigenvalue weighted by Crippen LogP contribution is 1.68.